The number of hydrogen-bond acceptors (Lipinski definition) is 4. The largest absolute Gasteiger partial charge is 0.493 e. The van der Waals surface area contributed by atoms with E-state index in [1.54, 1.807) is 25.3 Å². The summed E-state index contributed by atoms with van der Waals surface area (Å²) < 4.78 is 11.1. The summed E-state index contributed by atoms with van der Waals surface area (Å²) in [7, 11) is 1.59. The molecule has 1 heterocycles. The molecule has 0 spiro atoms. The molecule has 0 radical (unpaired) electrons. The number of amides is 1. The molecule has 2 N–H and O–H groups in total. The minimum absolute atomic E-state index is 0.0322. The topological polar surface area (TPSA) is 64.8 Å². The van der Waals surface area contributed by atoms with E-state index in [1.165, 1.54) is 0 Å². The van der Waals surface area contributed by atoms with E-state index in [1.807, 2.05) is 25.7 Å². The van der Waals surface area contributed by atoms with Gasteiger partial charge in [0.1, 0.15) is 0 Å². The first-order chi connectivity index (χ1) is 10.9. The molecule has 1 saturated heterocycles. The number of hydrogen-bond donors (Lipinski definition) is 1. The van der Waals surface area contributed by atoms with Crippen LogP contribution >= 0.6 is 0 Å². The minimum Gasteiger partial charge on any atom is -0.493 e. The van der Waals surface area contributed by atoms with Gasteiger partial charge in [0.05, 0.1) is 13.2 Å². The van der Waals surface area contributed by atoms with Crippen molar-refractivity contribution in [1.82, 2.24) is 4.90 Å². The zero-order valence-corrected chi connectivity index (χ0v) is 14.5. The molecule has 0 saturated carbocycles. The van der Waals surface area contributed by atoms with E-state index in [4.69, 9.17) is 15.2 Å². The molecule has 0 aliphatic carbocycles. The second kappa shape index (κ2) is 7.68. The highest BCUT2D eigenvalue weighted by atomic mass is 16.5. The van der Waals surface area contributed by atoms with Gasteiger partial charge in [-0.15, -0.1) is 0 Å². The molecule has 2 unspecified atom stereocenters. The lowest BCUT2D eigenvalue weighted by Gasteiger charge is -2.34. The predicted octanol–water partition coefficient (Wildman–Crippen LogP) is 2.68. The van der Waals surface area contributed by atoms with E-state index < -0.39 is 0 Å². The molecular formula is C18H28N2O3. The van der Waals surface area contributed by atoms with E-state index in [2.05, 4.69) is 0 Å². The summed E-state index contributed by atoms with van der Waals surface area (Å²) in [5.74, 6) is 1.65. The van der Waals surface area contributed by atoms with Crippen molar-refractivity contribution in [1.29, 1.82) is 0 Å². The predicted molar refractivity (Wildman–Crippen MR) is 91.0 cm³/mol. The standard InChI is InChI=1S/C18H28N2O3/c1-12(2)23-16-8-7-14(10-17(16)22-4)18(21)20-9-5-6-15(11-20)13(3)19/h7-8,10,12-13,15H,5-6,9,11,19H2,1-4H3. The highest BCUT2D eigenvalue weighted by Crippen LogP contribution is 2.30. The van der Waals surface area contributed by atoms with Crippen LogP contribution in [0.15, 0.2) is 18.2 Å². The highest BCUT2D eigenvalue weighted by Gasteiger charge is 2.27. The molecule has 1 aliphatic rings. The van der Waals surface area contributed by atoms with E-state index in [0.717, 1.165) is 25.9 Å². The molecule has 1 aromatic carbocycles. The van der Waals surface area contributed by atoms with Gasteiger partial charge in [-0.1, -0.05) is 0 Å². The van der Waals surface area contributed by atoms with Crippen molar-refractivity contribution >= 4 is 5.91 Å². The maximum Gasteiger partial charge on any atom is 0.254 e. The molecule has 1 aliphatic heterocycles. The van der Waals surface area contributed by atoms with Gasteiger partial charge >= 0.3 is 0 Å². The fourth-order valence-corrected chi connectivity index (χ4v) is 2.96. The molecule has 5 nitrogen and oxygen atoms in total. The number of methoxy groups -OCH3 is 1. The second-order valence-electron chi connectivity index (χ2n) is 6.54. The van der Waals surface area contributed by atoms with Crippen molar-refractivity contribution in [2.75, 3.05) is 20.2 Å². The number of ether oxygens (including phenoxy) is 2. The van der Waals surface area contributed by atoms with Crippen LogP contribution in [0.1, 0.15) is 44.0 Å². The second-order valence-corrected chi connectivity index (χ2v) is 6.54. The Hall–Kier alpha value is -1.75. The van der Waals surface area contributed by atoms with Gasteiger partial charge in [-0.2, -0.15) is 0 Å². The Morgan fingerprint density at radius 1 is 1.30 bits per heavy atom. The van der Waals surface area contributed by atoms with Gasteiger partial charge in [-0.05, 0) is 57.7 Å². The molecule has 2 rings (SSSR count). The minimum atomic E-state index is 0.0322. The lowest BCUT2D eigenvalue weighted by molar-refractivity contribution is 0.0660. The Bertz CT molecular complexity index is 543. The molecule has 128 valence electrons. The third kappa shape index (κ3) is 4.38. The molecule has 23 heavy (non-hydrogen) atoms. The van der Waals surface area contributed by atoms with Crippen molar-refractivity contribution in [3.63, 3.8) is 0 Å². The van der Waals surface area contributed by atoms with Gasteiger partial charge in [0, 0.05) is 24.7 Å². The molecule has 2 atom stereocenters. The van der Waals surface area contributed by atoms with Crippen molar-refractivity contribution in [3.05, 3.63) is 23.8 Å². The fourth-order valence-electron chi connectivity index (χ4n) is 2.96. The van der Waals surface area contributed by atoms with Crippen LogP contribution < -0.4 is 15.2 Å². The summed E-state index contributed by atoms with van der Waals surface area (Å²) in [6, 6.07) is 5.48. The SMILES string of the molecule is COc1cc(C(=O)N2CCCC(C(C)N)C2)ccc1OC(C)C. The summed E-state index contributed by atoms with van der Waals surface area (Å²) in [6.07, 6.45) is 2.15. The van der Waals surface area contributed by atoms with Crippen molar-refractivity contribution in [3.8, 4) is 11.5 Å². The Morgan fingerprint density at radius 3 is 2.65 bits per heavy atom. The Morgan fingerprint density at radius 2 is 2.04 bits per heavy atom. The van der Waals surface area contributed by atoms with Gasteiger partial charge in [-0.25, -0.2) is 0 Å². The molecular weight excluding hydrogens is 292 g/mol. The summed E-state index contributed by atoms with van der Waals surface area (Å²) in [5, 5.41) is 0. The van der Waals surface area contributed by atoms with Crippen LogP contribution in [0, 0.1) is 5.92 Å². The summed E-state index contributed by atoms with van der Waals surface area (Å²) >= 11 is 0. The van der Waals surface area contributed by atoms with Crippen molar-refractivity contribution < 1.29 is 14.3 Å². The third-order valence-electron chi connectivity index (χ3n) is 4.26. The van der Waals surface area contributed by atoms with E-state index in [9.17, 15) is 4.79 Å². The lowest BCUT2D eigenvalue weighted by Crippen LogP contribution is -2.45. The number of benzene rings is 1. The van der Waals surface area contributed by atoms with Crippen molar-refractivity contribution in [2.24, 2.45) is 11.7 Å². The zero-order chi connectivity index (χ0) is 17.0. The number of rotatable bonds is 5. The molecule has 1 fully saturated rings. The average Bonchev–Trinajstić information content (AvgIpc) is 2.54. The number of piperidine rings is 1. The number of carbonyl (C=O) groups excluding carboxylic acids is 1. The average molecular weight is 320 g/mol. The van der Waals surface area contributed by atoms with Crippen LogP contribution in [0.25, 0.3) is 0 Å². The molecule has 0 aromatic heterocycles. The van der Waals surface area contributed by atoms with Gasteiger partial charge in [0.25, 0.3) is 5.91 Å². The van der Waals surface area contributed by atoms with Crippen LogP contribution in [0.4, 0.5) is 0 Å². The first-order valence-electron chi connectivity index (χ1n) is 8.32. The lowest BCUT2D eigenvalue weighted by atomic mass is 9.92. The molecule has 1 amide bonds. The number of likely N-dealkylation sites (tertiary alicyclic amines) is 1. The monoisotopic (exact) mass is 320 g/mol. The summed E-state index contributed by atoms with van der Waals surface area (Å²) in [5.41, 5.74) is 6.63. The molecule has 0 bridgehead atoms. The maximum atomic E-state index is 12.8. The van der Waals surface area contributed by atoms with E-state index in [-0.39, 0.29) is 18.1 Å². The molecule has 1 aromatic rings. The number of nitrogens with two attached hydrogens (primary N) is 1. The first kappa shape index (κ1) is 17.6. The van der Waals surface area contributed by atoms with Gasteiger partial charge in [-0.3, -0.25) is 4.79 Å². The van der Waals surface area contributed by atoms with Gasteiger partial charge in [0.2, 0.25) is 0 Å². The van der Waals surface area contributed by atoms with Crippen LogP contribution in [-0.2, 0) is 0 Å². The fraction of sp³-hybridized carbons (Fsp3) is 0.611. The normalized spacial score (nSPS) is 19.6. The van der Waals surface area contributed by atoms with Crippen LogP contribution in [0.2, 0.25) is 0 Å². The van der Waals surface area contributed by atoms with Gasteiger partial charge in [0.15, 0.2) is 11.5 Å². The Kier molecular flexibility index (Phi) is 5.88. The van der Waals surface area contributed by atoms with E-state index >= 15 is 0 Å². The smallest absolute Gasteiger partial charge is 0.254 e. The first-order valence-corrected chi connectivity index (χ1v) is 8.32. The number of carbonyl (C=O) groups is 1. The Labute approximate surface area is 138 Å². The third-order valence-corrected chi connectivity index (χ3v) is 4.26. The number of nitrogens with zero attached hydrogens (tertiary/aromatic N) is 1. The molecule has 5 heteroatoms. The van der Waals surface area contributed by atoms with Crippen LogP contribution in [0.3, 0.4) is 0 Å². The van der Waals surface area contributed by atoms with Crippen molar-refractivity contribution in [2.45, 2.75) is 45.8 Å². The van der Waals surface area contributed by atoms with Crippen LogP contribution in [0.5, 0.6) is 11.5 Å². The summed E-state index contributed by atoms with van der Waals surface area (Å²) in [4.78, 5) is 14.7. The van der Waals surface area contributed by atoms with Gasteiger partial charge < -0.3 is 20.1 Å². The summed E-state index contributed by atoms with van der Waals surface area (Å²) in [6.45, 7) is 7.44. The van der Waals surface area contributed by atoms with Crippen LogP contribution in [-0.4, -0.2) is 43.2 Å². The Balaban J connectivity index is 2.15. The maximum absolute atomic E-state index is 12.8. The highest BCUT2D eigenvalue weighted by molar-refractivity contribution is 5.95. The quantitative estimate of drug-likeness (QED) is 0.906. The van der Waals surface area contributed by atoms with E-state index in [0.29, 0.717) is 23.0 Å². The zero-order valence-electron chi connectivity index (χ0n) is 14.5.